The van der Waals surface area contributed by atoms with Gasteiger partial charge in [-0.1, -0.05) is 49.0 Å². The number of carbonyl (C=O) groups is 2. The van der Waals surface area contributed by atoms with E-state index in [2.05, 4.69) is 20.8 Å². The van der Waals surface area contributed by atoms with Gasteiger partial charge in [0.1, 0.15) is 11.6 Å². The lowest BCUT2D eigenvalue weighted by Gasteiger charge is -2.14. The van der Waals surface area contributed by atoms with Gasteiger partial charge in [-0.15, -0.1) is 10.2 Å². The second-order valence-electron chi connectivity index (χ2n) is 6.53. The molecule has 0 spiro atoms. The van der Waals surface area contributed by atoms with Gasteiger partial charge in [0.05, 0.1) is 17.4 Å². The Labute approximate surface area is 178 Å². The van der Waals surface area contributed by atoms with Crippen molar-refractivity contribution in [1.29, 1.82) is 0 Å². The smallest absolute Gasteiger partial charge is 0.238 e. The van der Waals surface area contributed by atoms with Crippen molar-refractivity contribution in [2.45, 2.75) is 30.2 Å². The van der Waals surface area contributed by atoms with Crippen LogP contribution in [0.4, 0.5) is 15.8 Å². The molecule has 2 aromatic carbocycles. The molecule has 0 fully saturated rings. The molecule has 2 amide bonds. The Morgan fingerprint density at radius 2 is 1.77 bits per heavy atom. The first-order valence-corrected chi connectivity index (χ1v) is 10.3. The zero-order valence-electron chi connectivity index (χ0n) is 16.6. The maximum absolute atomic E-state index is 13.8. The van der Waals surface area contributed by atoms with Crippen LogP contribution in [0.1, 0.15) is 19.2 Å². The fourth-order valence-corrected chi connectivity index (χ4v) is 3.64. The third-order valence-electron chi connectivity index (χ3n) is 4.34. The summed E-state index contributed by atoms with van der Waals surface area (Å²) in [6, 6.07) is 15.2. The Bertz CT molecular complexity index is 1030. The van der Waals surface area contributed by atoms with E-state index < -0.39 is 11.1 Å². The van der Waals surface area contributed by atoms with Crippen molar-refractivity contribution in [3.05, 3.63) is 66.2 Å². The number of thioether (sulfide) groups is 1. The fourth-order valence-electron chi connectivity index (χ4n) is 2.70. The summed E-state index contributed by atoms with van der Waals surface area (Å²) in [6.45, 7) is 1.86. The minimum Gasteiger partial charge on any atom is -0.326 e. The lowest BCUT2D eigenvalue weighted by molar-refractivity contribution is -0.116. The van der Waals surface area contributed by atoms with Crippen molar-refractivity contribution in [1.82, 2.24) is 14.8 Å². The molecule has 1 unspecified atom stereocenters. The van der Waals surface area contributed by atoms with Crippen LogP contribution >= 0.6 is 11.8 Å². The van der Waals surface area contributed by atoms with Crippen LogP contribution in [0.25, 0.3) is 0 Å². The van der Waals surface area contributed by atoms with Gasteiger partial charge in [-0.2, -0.15) is 0 Å². The summed E-state index contributed by atoms with van der Waals surface area (Å²) in [5.74, 6) is -0.539. The molecule has 1 heterocycles. The number of nitrogens with one attached hydrogen (secondary N) is 2. The average Bonchev–Trinajstić information content (AvgIpc) is 3.07. The first-order valence-electron chi connectivity index (χ1n) is 9.43. The number of hydrogen-bond donors (Lipinski definition) is 2. The summed E-state index contributed by atoms with van der Waals surface area (Å²) in [5.41, 5.74) is 0.841. The second-order valence-corrected chi connectivity index (χ2v) is 7.70. The summed E-state index contributed by atoms with van der Waals surface area (Å²) < 4.78 is 15.5. The highest BCUT2D eigenvalue weighted by Gasteiger charge is 2.23. The molecule has 0 radical (unpaired) electrons. The highest BCUT2D eigenvalue weighted by molar-refractivity contribution is 8.00. The first-order chi connectivity index (χ1) is 14.5. The van der Waals surface area contributed by atoms with Crippen LogP contribution in [0, 0.1) is 5.82 Å². The summed E-state index contributed by atoms with van der Waals surface area (Å²) >= 11 is 1.22. The number of benzene rings is 2. The number of aromatic nitrogens is 3. The van der Waals surface area contributed by atoms with E-state index in [4.69, 9.17) is 0 Å². The minimum atomic E-state index is -0.490. The standard InChI is InChI=1S/C21H22FN5O2S/c1-3-17(20(29)24-16-12-8-7-11-15(16)22)30-21-26-25-18(27(21)2)13-19(28)23-14-9-5-4-6-10-14/h4-12,17H,3,13H2,1-2H3,(H,23,28)(H,24,29). The average molecular weight is 428 g/mol. The highest BCUT2D eigenvalue weighted by atomic mass is 32.2. The van der Waals surface area contributed by atoms with Gasteiger partial charge in [-0.05, 0) is 30.7 Å². The quantitative estimate of drug-likeness (QED) is 0.536. The van der Waals surface area contributed by atoms with Crippen molar-refractivity contribution in [2.75, 3.05) is 10.6 Å². The first kappa shape index (κ1) is 21.5. The molecule has 0 saturated carbocycles. The molecular formula is C21H22FN5O2S. The maximum atomic E-state index is 13.8. The largest absolute Gasteiger partial charge is 0.326 e. The topological polar surface area (TPSA) is 88.9 Å². The second kappa shape index (κ2) is 10.0. The number of amides is 2. The zero-order valence-corrected chi connectivity index (χ0v) is 17.4. The van der Waals surface area contributed by atoms with E-state index >= 15 is 0 Å². The molecule has 0 saturated heterocycles. The van der Waals surface area contributed by atoms with Crippen molar-refractivity contribution in [2.24, 2.45) is 7.05 Å². The lowest BCUT2D eigenvalue weighted by atomic mass is 10.2. The van der Waals surface area contributed by atoms with Crippen LogP contribution in [0.15, 0.2) is 59.8 Å². The third kappa shape index (κ3) is 5.44. The van der Waals surface area contributed by atoms with Gasteiger partial charge < -0.3 is 15.2 Å². The number of nitrogens with zero attached hydrogens (tertiary/aromatic N) is 3. The van der Waals surface area contributed by atoms with Crippen LogP contribution < -0.4 is 10.6 Å². The number of rotatable bonds is 8. The molecule has 0 aliphatic carbocycles. The van der Waals surface area contributed by atoms with E-state index in [0.29, 0.717) is 23.1 Å². The van der Waals surface area contributed by atoms with Crippen molar-refractivity contribution >= 4 is 35.0 Å². The minimum absolute atomic E-state index is 0.0527. The SMILES string of the molecule is CCC(Sc1nnc(CC(=O)Nc2ccccc2)n1C)C(=O)Nc1ccccc1F. The number of para-hydroxylation sites is 2. The molecule has 30 heavy (non-hydrogen) atoms. The molecule has 0 aliphatic heterocycles. The van der Waals surface area contributed by atoms with Gasteiger partial charge >= 0.3 is 0 Å². The van der Waals surface area contributed by atoms with E-state index in [1.165, 1.54) is 23.9 Å². The molecule has 3 aromatic rings. The third-order valence-corrected chi connectivity index (χ3v) is 5.74. The van der Waals surface area contributed by atoms with Crippen molar-refractivity contribution in [3.8, 4) is 0 Å². The molecule has 1 aromatic heterocycles. The van der Waals surface area contributed by atoms with Crippen LogP contribution in [-0.2, 0) is 23.1 Å². The normalized spacial score (nSPS) is 11.7. The number of anilines is 2. The number of carbonyl (C=O) groups excluding carboxylic acids is 2. The predicted octanol–water partition coefficient (Wildman–Crippen LogP) is 3.64. The molecule has 3 rings (SSSR count). The summed E-state index contributed by atoms with van der Waals surface area (Å²) in [6.07, 6.45) is 0.568. The van der Waals surface area contributed by atoms with Gasteiger partial charge in [0.15, 0.2) is 5.16 Å². The predicted molar refractivity (Wildman–Crippen MR) is 115 cm³/mol. The Morgan fingerprint density at radius 3 is 2.47 bits per heavy atom. The number of halogens is 1. The van der Waals surface area contributed by atoms with E-state index in [1.54, 1.807) is 35.9 Å². The number of hydrogen-bond acceptors (Lipinski definition) is 5. The van der Waals surface area contributed by atoms with Gasteiger partial charge in [0.25, 0.3) is 0 Å². The van der Waals surface area contributed by atoms with E-state index in [-0.39, 0.29) is 23.9 Å². The Balaban J connectivity index is 1.63. The lowest BCUT2D eigenvalue weighted by Crippen LogP contribution is -2.25. The molecule has 0 bridgehead atoms. The molecule has 156 valence electrons. The Morgan fingerprint density at radius 1 is 1.07 bits per heavy atom. The Kier molecular flexibility index (Phi) is 7.18. The Hall–Kier alpha value is -3.20. The van der Waals surface area contributed by atoms with Gasteiger partial charge in [-0.25, -0.2) is 4.39 Å². The van der Waals surface area contributed by atoms with E-state index in [0.717, 1.165) is 0 Å². The molecule has 7 nitrogen and oxygen atoms in total. The summed E-state index contributed by atoms with van der Waals surface area (Å²) in [5, 5.41) is 13.6. The van der Waals surface area contributed by atoms with Crippen molar-refractivity contribution < 1.29 is 14.0 Å². The monoisotopic (exact) mass is 427 g/mol. The maximum Gasteiger partial charge on any atom is 0.238 e. The molecule has 1 atom stereocenters. The summed E-state index contributed by atoms with van der Waals surface area (Å²) in [7, 11) is 1.74. The fraction of sp³-hybridized carbons (Fsp3) is 0.238. The van der Waals surface area contributed by atoms with Crippen molar-refractivity contribution in [3.63, 3.8) is 0 Å². The van der Waals surface area contributed by atoms with Crippen LogP contribution in [0.2, 0.25) is 0 Å². The van der Waals surface area contributed by atoms with E-state index in [1.807, 2.05) is 25.1 Å². The zero-order chi connectivity index (χ0) is 21.5. The van der Waals surface area contributed by atoms with Gasteiger partial charge in [-0.3, -0.25) is 9.59 Å². The molecule has 2 N–H and O–H groups in total. The summed E-state index contributed by atoms with van der Waals surface area (Å²) in [4.78, 5) is 24.8. The highest BCUT2D eigenvalue weighted by Crippen LogP contribution is 2.26. The van der Waals surface area contributed by atoms with Crippen LogP contribution in [-0.4, -0.2) is 31.8 Å². The molecule has 9 heteroatoms. The molecular weight excluding hydrogens is 405 g/mol. The van der Waals surface area contributed by atoms with Gasteiger partial charge in [0, 0.05) is 12.7 Å². The van der Waals surface area contributed by atoms with Crippen LogP contribution in [0.5, 0.6) is 0 Å². The van der Waals surface area contributed by atoms with Gasteiger partial charge in [0.2, 0.25) is 11.8 Å². The molecule has 0 aliphatic rings. The van der Waals surface area contributed by atoms with E-state index in [9.17, 15) is 14.0 Å². The van der Waals surface area contributed by atoms with Crippen LogP contribution in [0.3, 0.4) is 0 Å².